The van der Waals surface area contributed by atoms with E-state index in [4.69, 9.17) is 10.5 Å². The lowest BCUT2D eigenvalue weighted by molar-refractivity contribution is -0.123. The average Bonchev–Trinajstić information content (AvgIpc) is 2.62. The molecule has 0 fully saturated rings. The maximum absolute atomic E-state index is 12.2. The van der Waals surface area contributed by atoms with Crippen LogP contribution in [-0.4, -0.2) is 31.0 Å². The van der Waals surface area contributed by atoms with E-state index in [0.717, 1.165) is 5.56 Å². The van der Waals surface area contributed by atoms with Crippen LogP contribution in [0.25, 0.3) is 0 Å². The van der Waals surface area contributed by atoms with Crippen LogP contribution in [0.2, 0.25) is 0 Å². The SMILES string of the molecule is CCNC(=O)COc1ccc(NC(=O)C(N)Cc2ccccc2)cc1. The molecule has 2 aromatic rings. The molecular formula is C19H23N3O3. The molecule has 0 saturated heterocycles. The third kappa shape index (κ3) is 6.27. The average molecular weight is 341 g/mol. The number of nitrogens with one attached hydrogen (secondary N) is 2. The first-order valence-corrected chi connectivity index (χ1v) is 8.18. The number of likely N-dealkylation sites (N-methyl/N-ethyl adjacent to an activating group) is 1. The summed E-state index contributed by atoms with van der Waals surface area (Å²) in [6, 6.07) is 15.8. The van der Waals surface area contributed by atoms with Gasteiger partial charge in [-0.15, -0.1) is 0 Å². The molecule has 0 aliphatic carbocycles. The zero-order valence-electron chi connectivity index (χ0n) is 14.2. The van der Waals surface area contributed by atoms with Crippen molar-refractivity contribution < 1.29 is 14.3 Å². The summed E-state index contributed by atoms with van der Waals surface area (Å²) in [7, 11) is 0. The van der Waals surface area contributed by atoms with Gasteiger partial charge in [-0.2, -0.15) is 0 Å². The number of amides is 2. The van der Waals surface area contributed by atoms with Crippen molar-refractivity contribution in [3.05, 3.63) is 60.2 Å². The predicted octanol–water partition coefficient (Wildman–Crippen LogP) is 1.71. The number of nitrogens with two attached hydrogens (primary N) is 1. The molecule has 1 unspecified atom stereocenters. The summed E-state index contributed by atoms with van der Waals surface area (Å²) in [6.45, 7) is 2.37. The summed E-state index contributed by atoms with van der Waals surface area (Å²) in [5, 5.41) is 5.43. The van der Waals surface area contributed by atoms with E-state index in [1.54, 1.807) is 24.3 Å². The molecule has 2 amide bonds. The van der Waals surface area contributed by atoms with E-state index in [1.165, 1.54) is 0 Å². The Morgan fingerprint density at radius 2 is 1.76 bits per heavy atom. The lowest BCUT2D eigenvalue weighted by Crippen LogP contribution is -2.37. The maximum Gasteiger partial charge on any atom is 0.257 e. The van der Waals surface area contributed by atoms with E-state index in [-0.39, 0.29) is 18.4 Å². The van der Waals surface area contributed by atoms with E-state index in [9.17, 15) is 9.59 Å². The van der Waals surface area contributed by atoms with E-state index in [0.29, 0.717) is 24.4 Å². The summed E-state index contributed by atoms with van der Waals surface area (Å²) < 4.78 is 5.36. The Labute approximate surface area is 147 Å². The number of rotatable bonds is 8. The normalized spacial score (nSPS) is 11.4. The van der Waals surface area contributed by atoms with Gasteiger partial charge in [0.2, 0.25) is 5.91 Å². The molecule has 0 radical (unpaired) electrons. The molecule has 4 N–H and O–H groups in total. The van der Waals surface area contributed by atoms with Crippen molar-refractivity contribution >= 4 is 17.5 Å². The second-order valence-electron chi connectivity index (χ2n) is 5.55. The van der Waals surface area contributed by atoms with Crippen molar-refractivity contribution in [3.63, 3.8) is 0 Å². The number of hydrogen-bond donors (Lipinski definition) is 3. The van der Waals surface area contributed by atoms with Crippen LogP contribution in [-0.2, 0) is 16.0 Å². The molecule has 0 saturated carbocycles. The number of benzene rings is 2. The number of anilines is 1. The lowest BCUT2D eigenvalue weighted by Gasteiger charge is -2.13. The zero-order chi connectivity index (χ0) is 18.1. The molecule has 0 spiro atoms. The highest BCUT2D eigenvalue weighted by molar-refractivity contribution is 5.94. The van der Waals surface area contributed by atoms with Gasteiger partial charge in [-0.05, 0) is 43.2 Å². The van der Waals surface area contributed by atoms with Gasteiger partial charge in [0.05, 0.1) is 6.04 Å². The Morgan fingerprint density at radius 1 is 1.08 bits per heavy atom. The fraction of sp³-hybridized carbons (Fsp3) is 0.263. The Hall–Kier alpha value is -2.86. The highest BCUT2D eigenvalue weighted by atomic mass is 16.5. The summed E-state index contributed by atoms with van der Waals surface area (Å²) in [4.78, 5) is 23.5. The molecule has 6 nitrogen and oxygen atoms in total. The number of carbonyl (C=O) groups is 2. The molecule has 0 aromatic heterocycles. The largest absolute Gasteiger partial charge is 0.484 e. The highest BCUT2D eigenvalue weighted by Gasteiger charge is 2.14. The zero-order valence-corrected chi connectivity index (χ0v) is 14.2. The topological polar surface area (TPSA) is 93.5 Å². The first-order chi connectivity index (χ1) is 12.1. The summed E-state index contributed by atoms with van der Waals surface area (Å²) in [5.41, 5.74) is 7.59. The summed E-state index contributed by atoms with van der Waals surface area (Å²) >= 11 is 0. The van der Waals surface area contributed by atoms with Gasteiger partial charge in [0.15, 0.2) is 6.61 Å². The van der Waals surface area contributed by atoms with Crippen LogP contribution in [0.1, 0.15) is 12.5 Å². The number of ether oxygens (including phenoxy) is 1. The Kier molecular flexibility index (Phi) is 6.98. The fourth-order valence-corrected chi connectivity index (χ4v) is 2.23. The summed E-state index contributed by atoms with van der Waals surface area (Å²) in [6.07, 6.45) is 0.473. The third-order valence-electron chi connectivity index (χ3n) is 3.50. The molecule has 25 heavy (non-hydrogen) atoms. The van der Waals surface area contributed by atoms with Gasteiger partial charge in [-0.25, -0.2) is 0 Å². The van der Waals surface area contributed by atoms with Gasteiger partial charge >= 0.3 is 0 Å². The monoisotopic (exact) mass is 341 g/mol. The van der Waals surface area contributed by atoms with Crippen molar-refractivity contribution in [1.29, 1.82) is 0 Å². The van der Waals surface area contributed by atoms with Gasteiger partial charge in [0.25, 0.3) is 5.91 Å². The van der Waals surface area contributed by atoms with E-state index >= 15 is 0 Å². The Bertz CT molecular complexity index is 687. The van der Waals surface area contributed by atoms with Crippen LogP contribution < -0.4 is 21.1 Å². The van der Waals surface area contributed by atoms with E-state index < -0.39 is 6.04 Å². The van der Waals surface area contributed by atoms with Crippen molar-refractivity contribution in [2.75, 3.05) is 18.5 Å². The van der Waals surface area contributed by atoms with Crippen LogP contribution >= 0.6 is 0 Å². The van der Waals surface area contributed by atoms with E-state index in [2.05, 4.69) is 10.6 Å². The molecule has 0 aliphatic rings. The number of hydrogen-bond acceptors (Lipinski definition) is 4. The molecule has 2 rings (SSSR count). The first-order valence-electron chi connectivity index (χ1n) is 8.18. The molecule has 0 bridgehead atoms. The molecule has 6 heteroatoms. The van der Waals surface area contributed by atoms with Crippen molar-refractivity contribution in [3.8, 4) is 5.75 Å². The minimum atomic E-state index is -0.629. The lowest BCUT2D eigenvalue weighted by atomic mass is 10.1. The highest BCUT2D eigenvalue weighted by Crippen LogP contribution is 2.16. The minimum absolute atomic E-state index is 0.0402. The van der Waals surface area contributed by atoms with Crippen LogP contribution in [0.15, 0.2) is 54.6 Å². The van der Waals surface area contributed by atoms with Crippen LogP contribution in [0.3, 0.4) is 0 Å². The van der Waals surface area contributed by atoms with Crippen LogP contribution in [0, 0.1) is 0 Å². The van der Waals surface area contributed by atoms with Gasteiger partial charge in [0, 0.05) is 12.2 Å². The third-order valence-corrected chi connectivity index (χ3v) is 3.50. The molecule has 0 heterocycles. The fourth-order valence-electron chi connectivity index (χ4n) is 2.23. The smallest absolute Gasteiger partial charge is 0.257 e. The van der Waals surface area contributed by atoms with Gasteiger partial charge < -0.3 is 21.1 Å². The maximum atomic E-state index is 12.2. The second-order valence-corrected chi connectivity index (χ2v) is 5.55. The number of carbonyl (C=O) groups excluding carboxylic acids is 2. The van der Waals surface area contributed by atoms with Crippen LogP contribution in [0.4, 0.5) is 5.69 Å². The molecule has 132 valence electrons. The molecule has 0 aliphatic heterocycles. The standard InChI is InChI=1S/C19H23N3O3/c1-2-21-18(23)13-25-16-10-8-15(9-11-16)22-19(24)17(20)12-14-6-4-3-5-7-14/h3-11,17H,2,12-13,20H2,1H3,(H,21,23)(H,22,24). The first kappa shape index (κ1) is 18.5. The van der Waals surface area contributed by atoms with Gasteiger partial charge in [-0.1, -0.05) is 30.3 Å². The second kappa shape index (κ2) is 9.44. The van der Waals surface area contributed by atoms with Crippen molar-refractivity contribution in [1.82, 2.24) is 5.32 Å². The molecule has 2 aromatic carbocycles. The van der Waals surface area contributed by atoms with Gasteiger partial charge in [0.1, 0.15) is 5.75 Å². The van der Waals surface area contributed by atoms with Crippen LogP contribution in [0.5, 0.6) is 5.75 Å². The van der Waals surface area contributed by atoms with Gasteiger partial charge in [-0.3, -0.25) is 9.59 Å². The van der Waals surface area contributed by atoms with Crippen molar-refractivity contribution in [2.45, 2.75) is 19.4 Å². The van der Waals surface area contributed by atoms with Crippen molar-refractivity contribution in [2.24, 2.45) is 5.73 Å². The molecular weight excluding hydrogens is 318 g/mol. The quantitative estimate of drug-likeness (QED) is 0.681. The summed E-state index contributed by atoms with van der Waals surface area (Å²) in [5.74, 6) is 0.129. The Morgan fingerprint density at radius 3 is 2.40 bits per heavy atom. The minimum Gasteiger partial charge on any atom is -0.484 e. The van der Waals surface area contributed by atoms with E-state index in [1.807, 2.05) is 37.3 Å². The predicted molar refractivity (Wildman–Crippen MR) is 97.4 cm³/mol. The molecule has 1 atom stereocenters. The Balaban J connectivity index is 1.83.